The van der Waals surface area contributed by atoms with E-state index in [9.17, 15) is 0 Å². The van der Waals surface area contributed by atoms with Crippen LogP contribution < -0.4 is 10.5 Å². The van der Waals surface area contributed by atoms with Gasteiger partial charge in [0.1, 0.15) is 12.4 Å². The maximum absolute atomic E-state index is 5.98. The molecule has 0 saturated heterocycles. The summed E-state index contributed by atoms with van der Waals surface area (Å²) in [6.45, 7) is 0.607. The highest BCUT2D eigenvalue weighted by Crippen LogP contribution is 2.32. The van der Waals surface area contributed by atoms with Gasteiger partial charge in [-0.15, -0.1) is 0 Å². The second kappa shape index (κ2) is 4.42. The van der Waals surface area contributed by atoms with Gasteiger partial charge in [-0.05, 0) is 49.2 Å². The highest BCUT2D eigenvalue weighted by Gasteiger charge is 2.39. The predicted octanol–water partition coefficient (Wildman–Crippen LogP) is 2.62. The zero-order valence-electron chi connectivity index (χ0n) is 10.2. The van der Waals surface area contributed by atoms with E-state index in [4.69, 9.17) is 10.5 Å². The van der Waals surface area contributed by atoms with E-state index in [0.717, 1.165) is 29.8 Å². The number of rotatable bonds is 4. The maximum atomic E-state index is 5.98. The van der Waals surface area contributed by atoms with Crippen molar-refractivity contribution in [3.05, 3.63) is 48.7 Å². The van der Waals surface area contributed by atoms with Crippen molar-refractivity contribution in [3.63, 3.8) is 0 Å². The fourth-order valence-electron chi connectivity index (χ4n) is 1.79. The van der Waals surface area contributed by atoms with Crippen LogP contribution in [0.4, 0.5) is 0 Å². The number of pyridine rings is 1. The van der Waals surface area contributed by atoms with Gasteiger partial charge in [0.05, 0.1) is 11.2 Å². The molecule has 0 bridgehead atoms. The number of nitrogens with zero attached hydrogens (tertiary/aromatic N) is 1. The first-order valence-electron chi connectivity index (χ1n) is 6.18. The van der Waals surface area contributed by atoms with Crippen molar-refractivity contribution >= 4 is 0 Å². The molecule has 3 heteroatoms. The standard InChI is InChI=1S/C15H16N2O/c16-15(8-9-15)11-18-13-6-4-12(5-7-13)14-3-1-2-10-17-14/h1-7,10H,8-9,11,16H2. The van der Waals surface area contributed by atoms with Crippen LogP contribution in [-0.4, -0.2) is 17.1 Å². The molecule has 1 saturated carbocycles. The average molecular weight is 240 g/mol. The smallest absolute Gasteiger partial charge is 0.119 e. The Morgan fingerprint density at radius 3 is 2.50 bits per heavy atom. The van der Waals surface area contributed by atoms with Crippen molar-refractivity contribution in [1.29, 1.82) is 0 Å². The molecule has 1 heterocycles. The predicted molar refractivity (Wildman–Crippen MR) is 71.3 cm³/mol. The molecule has 1 aromatic heterocycles. The summed E-state index contributed by atoms with van der Waals surface area (Å²) in [6, 6.07) is 13.9. The van der Waals surface area contributed by atoms with Crippen LogP contribution >= 0.6 is 0 Å². The summed E-state index contributed by atoms with van der Waals surface area (Å²) in [6.07, 6.45) is 3.93. The normalized spacial score (nSPS) is 16.3. The van der Waals surface area contributed by atoms with Crippen LogP contribution in [0.3, 0.4) is 0 Å². The van der Waals surface area contributed by atoms with E-state index in [1.54, 1.807) is 6.20 Å². The number of ether oxygens (including phenoxy) is 1. The largest absolute Gasteiger partial charge is 0.492 e. The van der Waals surface area contributed by atoms with Gasteiger partial charge < -0.3 is 10.5 Å². The van der Waals surface area contributed by atoms with Crippen molar-refractivity contribution in [2.24, 2.45) is 5.73 Å². The molecule has 92 valence electrons. The topological polar surface area (TPSA) is 48.1 Å². The summed E-state index contributed by atoms with van der Waals surface area (Å²) in [4.78, 5) is 4.31. The minimum absolute atomic E-state index is 0.0698. The zero-order chi connectivity index (χ0) is 12.4. The lowest BCUT2D eigenvalue weighted by molar-refractivity contribution is 0.279. The molecule has 0 spiro atoms. The fourth-order valence-corrected chi connectivity index (χ4v) is 1.79. The van der Waals surface area contributed by atoms with Crippen molar-refractivity contribution in [3.8, 4) is 17.0 Å². The minimum Gasteiger partial charge on any atom is -0.492 e. The highest BCUT2D eigenvalue weighted by atomic mass is 16.5. The second-order valence-corrected chi connectivity index (χ2v) is 4.89. The van der Waals surface area contributed by atoms with Crippen molar-refractivity contribution in [2.45, 2.75) is 18.4 Å². The summed E-state index contributed by atoms with van der Waals surface area (Å²) < 4.78 is 5.68. The third-order valence-electron chi connectivity index (χ3n) is 3.23. The quantitative estimate of drug-likeness (QED) is 0.893. The average Bonchev–Trinajstić information content (AvgIpc) is 3.17. The first kappa shape index (κ1) is 11.2. The molecule has 1 aliphatic carbocycles. The Balaban J connectivity index is 1.69. The third-order valence-corrected chi connectivity index (χ3v) is 3.23. The van der Waals surface area contributed by atoms with Crippen LogP contribution in [0.15, 0.2) is 48.7 Å². The van der Waals surface area contributed by atoms with Crippen LogP contribution in [0, 0.1) is 0 Å². The van der Waals surface area contributed by atoms with Gasteiger partial charge in [0.25, 0.3) is 0 Å². The molecular formula is C15H16N2O. The van der Waals surface area contributed by atoms with E-state index < -0.39 is 0 Å². The van der Waals surface area contributed by atoms with Crippen molar-refractivity contribution in [1.82, 2.24) is 4.98 Å². The maximum Gasteiger partial charge on any atom is 0.119 e. The SMILES string of the molecule is NC1(COc2ccc(-c3ccccn3)cc2)CC1. The highest BCUT2D eigenvalue weighted by molar-refractivity contribution is 5.59. The Labute approximate surface area is 107 Å². The van der Waals surface area contributed by atoms with E-state index in [1.807, 2.05) is 42.5 Å². The van der Waals surface area contributed by atoms with Gasteiger partial charge in [0.2, 0.25) is 0 Å². The minimum atomic E-state index is -0.0698. The molecule has 1 aliphatic rings. The molecule has 0 radical (unpaired) electrons. The third kappa shape index (κ3) is 2.51. The Bertz CT molecular complexity index is 518. The second-order valence-electron chi connectivity index (χ2n) is 4.89. The van der Waals surface area contributed by atoms with E-state index in [0.29, 0.717) is 6.61 Å². The molecule has 1 aromatic carbocycles. The van der Waals surface area contributed by atoms with Crippen molar-refractivity contribution < 1.29 is 4.74 Å². The molecule has 1 fully saturated rings. The number of benzene rings is 1. The van der Waals surface area contributed by atoms with Gasteiger partial charge in [0.15, 0.2) is 0 Å². The van der Waals surface area contributed by atoms with Gasteiger partial charge in [-0.1, -0.05) is 6.07 Å². The number of aromatic nitrogens is 1. The first-order valence-corrected chi connectivity index (χ1v) is 6.18. The summed E-state index contributed by atoms with van der Waals surface area (Å²) >= 11 is 0. The van der Waals surface area contributed by atoms with Gasteiger partial charge in [-0.3, -0.25) is 4.98 Å². The summed E-state index contributed by atoms with van der Waals surface area (Å²) in [5, 5.41) is 0. The van der Waals surface area contributed by atoms with Crippen LogP contribution in [0.1, 0.15) is 12.8 Å². The number of hydrogen-bond donors (Lipinski definition) is 1. The van der Waals surface area contributed by atoms with E-state index in [1.165, 1.54) is 0 Å². The molecule has 18 heavy (non-hydrogen) atoms. The summed E-state index contributed by atoms with van der Waals surface area (Å²) in [7, 11) is 0. The van der Waals surface area contributed by atoms with Crippen LogP contribution in [-0.2, 0) is 0 Å². The molecular weight excluding hydrogens is 224 g/mol. The molecule has 3 rings (SSSR count). The number of hydrogen-bond acceptors (Lipinski definition) is 3. The lowest BCUT2D eigenvalue weighted by Gasteiger charge is -2.11. The molecule has 2 aromatic rings. The van der Waals surface area contributed by atoms with E-state index >= 15 is 0 Å². The van der Waals surface area contributed by atoms with Crippen molar-refractivity contribution in [2.75, 3.05) is 6.61 Å². The molecule has 2 N–H and O–H groups in total. The zero-order valence-corrected chi connectivity index (χ0v) is 10.2. The van der Waals surface area contributed by atoms with Gasteiger partial charge in [-0.2, -0.15) is 0 Å². The number of nitrogens with two attached hydrogens (primary N) is 1. The molecule has 0 amide bonds. The van der Waals surface area contributed by atoms with Gasteiger partial charge >= 0.3 is 0 Å². The first-order chi connectivity index (χ1) is 8.75. The monoisotopic (exact) mass is 240 g/mol. The Morgan fingerprint density at radius 2 is 1.89 bits per heavy atom. The Hall–Kier alpha value is -1.87. The van der Waals surface area contributed by atoms with Crippen LogP contribution in [0.5, 0.6) is 5.75 Å². The Kier molecular flexibility index (Phi) is 2.76. The molecule has 0 unspecified atom stereocenters. The van der Waals surface area contributed by atoms with E-state index in [2.05, 4.69) is 4.98 Å². The fraction of sp³-hybridized carbons (Fsp3) is 0.267. The molecule has 3 nitrogen and oxygen atoms in total. The van der Waals surface area contributed by atoms with Gasteiger partial charge in [0, 0.05) is 11.8 Å². The lowest BCUT2D eigenvalue weighted by atomic mass is 10.1. The molecule has 0 atom stereocenters. The Morgan fingerprint density at radius 1 is 1.11 bits per heavy atom. The van der Waals surface area contributed by atoms with E-state index in [-0.39, 0.29) is 5.54 Å². The summed E-state index contributed by atoms with van der Waals surface area (Å²) in [5.41, 5.74) is 7.98. The molecule has 0 aliphatic heterocycles. The lowest BCUT2D eigenvalue weighted by Crippen LogP contribution is -2.29. The van der Waals surface area contributed by atoms with Crippen LogP contribution in [0.25, 0.3) is 11.3 Å². The van der Waals surface area contributed by atoms with Crippen LogP contribution in [0.2, 0.25) is 0 Å². The van der Waals surface area contributed by atoms with Gasteiger partial charge in [-0.25, -0.2) is 0 Å². The summed E-state index contributed by atoms with van der Waals surface area (Å²) in [5.74, 6) is 0.867.